The van der Waals surface area contributed by atoms with Gasteiger partial charge in [0.1, 0.15) is 12.4 Å². The maximum Gasteiger partial charge on any atom is 0.344 e. The van der Waals surface area contributed by atoms with Crippen molar-refractivity contribution in [2.24, 2.45) is 0 Å². The number of ether oxygens (including phenoxy) is 2. The van der Waals surface area contributed by atoms with E-state index in [-0.39, 0.29) is 12.6 Å². The van der Waals surface area contributed by atoms with Crippen LogP contribution in [0.25, 0.3) is 0 Å². The Morgan fingerprint density at radius 1 is 1.17 bits per heavy atom. The molecule has 0 saturated carbocycles. The largest absolute Gasteiger partial charge is 0.482 e. The van der Waals surface area contributed by atoms with Gasteiger partial charge < -0.3 is 9.47 Å². The van der Waals surface area contributed by atoms with Gasteiger partial charge in [-0.3, -0.25) is 9.80 Å². The van der Waals surface area contributed by atoms with Gasteiger partial charge in [-0.25, -0.2) is 4.79 Å². The zero-order chi connectivity index (χ0) is 17.4. The van der Waals surface area contributed by atoms with Crippen molar-refractivity contribution in [3.63, 3.8) is 0 Å². The fourth-order valence-corrected chi connectivity index (χ4v) is 2.86. The predicted octanol–water partition coefficient (Wildman–Crippen LogP) is 2.68. The molecule has 24 heavy (non-hydrogen) atoms. The Labute approximate surface area is 149 Å². The summed E-state index contributed by atoms with van der Waals surface area (Å²) in [4.78, 5) is 16.6. The average Bonchev–Trinajstić information content (AvgIpc) is 2.80. The highest BCUT2D eigenvalue weighted by Gasteiger charge is 2.16. The molecule has 1 fully saturated rings. The molecule has 0 amide bonds. The van der Waals surface area contributed by atoms with Crippen LogP contribution in [0.2, 0.25) is 5.02 Å². The lowest BCUT2D eigenvalue weighted by atomic mass is 10.3. The first-order valence-corrected chi connectivity index (χ1v) is 8.93. The Morgan fingerprint density at radius 2 is 1.92 bits per heavy atom. The van der Waals surface area contributed by atoms with Gasteiger partial charge in [0.25, 0.3) is 0 Å². The fraction of sp³-hybridized carbons (Fsp3) is 0.611. The van der Waals surface area contributed by atoms with Crippen LogP contribution in [0.4, 0.5) is 0 Å². The van der Waals surface area contributed by atoms with Gasteiger partial charge in [0, 0.05) is 30.7 Å². The first kappa shape index (κ1) is 19.0. The van der Waals surface area contributed by atoms with Gasteiger partial charge in [-0.15, -0.1) is 0 Å². The van der Waals surface area contributed by atoms with Gasteiger partial charge in [0.05, 0.1) is 0 Å². The Balaban J connectivity index is 1.61. The summed E-state index contributed by atoms with van der Waals surface area (Å²) in [6.45, 7) is 9.87. The zero-order valence-electron chi connectivity index (χ0n) is 14.5. The topological polar surface area (TPSA) is 42.0 Å². The molecule has 0 atom stereocenters. The monoisotopic (exact) mass is 354 g/mol. The Kier molecular flexibility index (Phi) is 7.82. The molecule has 5 nitrogen and oxygen atoms in total. The number of hydrogen-bond acceptors (Lipinski definition) is 5. The molecule has 0 aliphatic carbocycles. The third-order valence-electron chi connectivity index (χ3n) is 4.19. The SMILES string of the molecule is CC(C)N1CCCN(CCOC(=O)COc2ccc(Cl)cc2)CC1. The van der Waals surface area contributed by atoms with Crippen LogP contribution < -0.4 is 4.74 Å². The number of nitrogens with zero attached hydrogens (tertiary/aromatic N) is 2. The molecular weight excluding hydrogens is 328 g/mol. The Morgan fingerprint density at radius 3 is 2.62 bits per heavy atom. The molecule has 0 bridgehead atoms. The highest BCUT2D eigenvalue weighted by molar-refractivity contribution is 6.30. The fourth-order valence-electron chi connectivity index (χ4n) is 2.73. The third kappa shape index (κ3) is 6.67. The number of benzene rings is 1. The van der Waals surface area contributed by atoms with Crippen molar-refractivity contribution >= 4 is 17.6 Å². The maximum atomic E-state index is 11.7. The highest BCUT2D eigenvalue weighted by Crippen LogP contribution is 2.15. The van der Waals surface area contributed by atoms with E-state index < -0.39 is 0 Å². The van der Waals surface area contributed by atoms with E-state index >= 15 is 0 Å². The number of esters is 1. The van der Waals surface area contributed by atoms with E-state index in [1.165, 1.54) is 0 Å². The number of hydrogen-bond donors (Lipinski definition) is 0. The van der Waals surface area contributed by atoms with Gasteiger partial charge in [0.2, 0.25) is 0 Å². The number of rotatable bonds is 7. The van der Waals surface area contributed by atoms with Crippen LogP contribution in [0.15, 0.2) is 24.3 Å². The summed E-state index contributed by atoms with van der Waals surface area (Å²) >= 11 is 5.80. The summed E-state index contributed by atoms with van der Waals surface area (Å²) in [7, 11) is 0. The summed E-state index contributed by atoms with van der Waals surface area (Å²) in [6, 6.07) is 7.50. The number of carbonyl (C=O) groups is 1. The second-order valence-corrected chi connectivity index (χ2v) is 6.72. The zero-order valence-corrected chi connectivity index (χ0v) is 15.3. The van der Waals surface area contributed by atoms with Crippen LogP contribution >= 0.6 is 11.6 Å². The molecule has 1 saturated heterocycles. The molecule has 1 heterocycles. The molecule has 0 spiro atoms. The molecule has 1 aromatic carbocycles. The second-order valence-electron chi connectivity index (χ2n) is 6.29. The van der Waals surface area contributed by atoms with Gasteiger partial charge in [0.15, 0.2) is 6.61 Å². The summed E-state index contributed by atoms with van der Waals surface area (Å²) < 4.78 is 10.6. The lowest BCUT2D eigenvalue weighted by Gasteiger charge is -2.24. The summed E-state index contributed by atoms with van der Waals surface area (Å²) in [5, 5.41) is 0.637. The molecule has 2 rings (SSSR count). The van der Waals surface area contributed by atoms with Crippen molar-refractivity contribution < 1.29 is 14.3 Å². The predicted molar refractivity (Wildman–Crippen MR) is 95.7 cm³/mol. The molecule has 1 aliphatic rings. The minimum absolute atomic E-state index is 0.0806. The second kappa shape index (κ2) is 9.87. The molecule has 6 heteroatoms. The molecular formula is C18H27ClN2O3. The van der Waals surface area contributed by atoms with E-state index in [1.54, 1.807) is 24.3 Å². The minimum Gasteiger partial charge on any atom is -0.482 e. The van der Waals surface area contributed by atoms with Crippen LogP contribution in [-0.2, 0) is 9.53 Å². The molecule has 1 aliphatic heterocycles. The van der Waals surface area contributed by atoms with Gasteiger partial charge in [-0.05, 0) is 57.6 Å². The van der Waals surface area contributed by atoms with E-state index in [9.17, 15) is 4.79 Å². The maximum absolute atomic E-state index is 11.7. The van der Waals surface area contributed by atoms with Crippen molar-refractivity contribution in [2.45, 2.75) is 26.3 Å². The lowest BCUT2D eigenvalue weighted by molar-refractivity contribution is -0.146. The summed E-state index contributed by atoms with van der Waals surface area (Å²) in [5.41, 5.74) is 0. The van der Waals surface area contributed by atoms with E-state index in [1.807, 2.05) is 0 Å². The quantitative estimate of drug-likeness (QED) is 0.704. The smallest absolute Gasteiger partial charge is 0.344 e. The Hall–Kier alpha value is -1.30. The molecule has 0 aromatic heterocycles. The van der Waals surface area contributed by atoms with Crippen molar-refractivity contribution in [1.82, 2.24) is 9.80 Å². The van der Waals surface area contributed by atoms with Gasteiger partial charge in [-0.1, -0.05) is 11.6 Å². The summed E-state index contributed by atoms with van der Waals surface area (Å²) in [6.07, 6.45) is 1.16. The van der Waals surface area contributed by atoms with Crippen molar-refractivity contribution in [3.05, 3.63) is 29.3 Å². The summed E-state index contributed by atoms with van der Waals surface area (Å²) in [5.74, 6) is 0.265. The number of carbonyl (C=O) groups excluding carboxylic acids is 1. The minimum atomic E-state index is -0.344. The normalized spacial score (nSPS) is 16.8. The van der Waals surface area contributed by atoms with Crippen molar-refractivity contribution in [1.29, 1.82) is 0 Å². The first-order chi connectivity index (χ1) is 11.5. The van der Waals surface area contributed by atoms with E-state index in [2.05, 4.69) is 23.6 Å². The molecule has 1 aromatic rings. The van der Waals surface area contributed by atoms with Crippen molar-refractivity contribution in [3.8, 4) is 5.75 Å². The van der Waals surface area contributed by atoms with Crippen LogP contribution in [0.3, 0.4) is 0 Å². The van der Waals surface area contributed by atoms with Crippen LogP contribution in [0.5, 0.6) is 5.75 Å². The molecule has 0 radical (unpaired) electrons. The van der Waals surface area contributed by atoms with E-state index in [0.29, 0.717) is 23.4 Å². The van der Waals surface area contributed by atoms with Crippen LogP contribution in [-0.4, -0.2) is 67.7 Å². The number of halogens is 1. The highest BCUT2D eigenvalue weighted by atomic mass is 35.5. The average molecular weight is 355 g/mol. The van der Waals surface area contributed by atoms with Gasteiger partial charge in [-0.2, -0.15) is 0 Å². The van der Waals surface area contributed by atoms with Crippen LogP contribution in [0, 0.1) is 0 Å². The lowest BCUT2D eigenvalue weighted by Crippen LogP contribution is -2.36. The Bertz CT molecular complexity index is 507. The van der Waals surface area contributed by atoms with E-state index in [0.717, 1.165) is 39.1 Å². The third-order valence-corrected chi connectivity index (χ3v) is 4.45. The van der Waals surface area contributed by atoms with Gasteiger partial charge >= 0.3 is 5.97 Å². The standard InChI is InChI=1S/C18H27ClN2O3/c1-15(2)21-9-3-8-20(10-11-21)12-13-23-18(22)14-24-17-6-4-16(19)5-7-17/h4-7,15H,3,8-14H2,1-2H3. The first-order valence-electron chi connectivity index (χ1n) is 8.55. The molecule has 0 unspecified atom stereocenters. The van der Waals surface area contributed by atoms with Crippen LogP contribution in [0.1, 0.15) is 20.3 Å². The molecule has 134 valence electrons. The van der Waals surface area contributed by atoms with Crippen molar-refractivity contribution in [2.75, 3.05) is 45.9 Å². The molecule has 0 N–H and O–H groups in total. The van der Waals surface area contributed by atoms with E-state index in [4.69, 9.17) is 21.1 Å².